The maximum atomic E-state index is 12.4. The first-order valence-corrected chi connectivity index (χ1v) is 7.49. The molecule has 0 aliphatic carbocycles. The van der Waals surface area contributed by atoms with Crippen LogP contribution in [0, 0.1) is 0 Å². The Morgan fingerprint density at radius 3 is 2.27 bits per heavy atom. The summed E-state index contributed by atoms with van der Waals surface area (Å²) in [4.78, 5) is 27.8. The van der Waals surface area contributed by atoms with Crippen molar-refractivity contribution in [2.24, 2.45) is 5.73 Å². The first-order chi connectivity index (χ1) is 10.5. The molecule has 7 heteroatoms. The predicted molar refractivity (Wildman–Crippen MR) is 83.8 cm³/mol. The predicted octanol–water partition coefficient (Wildman–Crippen LogP) is 0.598. The molecule has 0 saturated carbocycles. The SMILES string of the molecule is COCC(N)C(=O)N1CCN(C(=O)c2ccc(Cl)cc2)CC1. The average molecular weight is 326 g/mol. The zero-order valence-electron chi connectivity index (χ0n) is 12.5. The maximum absolute atomic E-state index is 12.4. The third-order valence-electron chi connectivity index (χ3n) is 3.63. The number of benzene rings is 1. The smallest absolute Gasteiger partial charge is 0.253 e. The highest BCUT2D eigenvalue weighted by Crippen LogP contribution is 2.13. The van der Waals surface area contributed by atoms with E-state index >= 15 is 0 Å². The Bertz CT molecular complexity index is 527. The Labute approximate surface area is 134 Å². The molecule has 2 amide bonds. The van der Waals surface area contributed by atoms with Gasteiger partial charge in [-0.1, -0.05) is 11.6 Å². The Balaban J connectivity index is 1.90. The molecule has 0 bridgehead atoms. The van der Waals surface area contributed by atoms with Gasteiger partial charge in [-0.05, 0) is 24.3 Å². The van der Waals surface area contributed by atoms with E-state index in [4.69, 9.17) is 22.1 Å². The van der Waals surface area contributed by atoms with Crippen molar-refractivity contribution in [1.29, 1.82) is 0 Å². The molecule has 1 aromatic rings. The molecule has 1 fully saturated rings. The van der Waals surface area contributed by atoms with Gasteiger partial charge in [0.2, 0.25) is 5.91 Å². The molecule has 1 heterocycles. The highest BCUT2D eigenvalue weighted by atomic mass is 35.5. The summed E-state index contributed by atoms with van der Waals surface area (Å²) in [7, 11) is 1.51. The molecule has 22 heavy (non-hydrogen) atoms. The lowest BCUT2D eigenvalue weighted by molar-refractivity contribution is -0.135. The van der Waals surface area contributed by atoms with Crippen molar-refractivity contribution in [3.63, 3.8) is 0 Å². The van der Waals surface area contributed by atoms with E-state index in [0.717, 1.165) is 0 Å². The summed E-state index contributed by atoms with van der Waals surface area (Å²) >= 11 is 5.82. The van der Waals surface area contributed by atoms with E-state index in [2.05, 4.69) is 0 Å². The van der Waals surface area contributed by atoms with Crippen LogP contribution in [-0.2, 0) is 9.53 Å². The molecule has 0 spiro atoms. The first kappa shape index (κ1) is 16.7. The van der Waals surface area contributed by atoms with E-state index in [1.54, 1.807) is 34.1 Å². The van der Waals surface area contributed by atoms with Gasteiger partial charge >= 0.3 is 0 Å². The zero-order valence-corrected chi connectivity index (χ0v) is 13.3. The fraction of sp³-hybridized carbons (Fsp3) is 0.467. The van der Waals surface area contributed by atoms with Gasteiger partial charge in [-0.25, -0.2) is 0 Å². The molecule has 1 saturated heterocycles. The molecule has 0 radical (unpaired) electrons. The summed E-state index contributed by atoms with van der Waals surface area (Å²) < 4.78 is 4.89. The summed E-state index contributed by atoms with van der Waals surface area (Å²) in [5, 5.41) is 0.596. The standard InChI is InChI=1S/C15H20ClN3O3/c1-22-10-13(17)15(21)19-8-6-18(7-9-19)14(20)11-2-4-12(16)5-3-11/h2-5,13H,6-10,17H2,1H3. The number of nitrogens with two attached hydrogens (primary N) is 1. The number of amides is 2. The zero-order chi connectivity index (χ0) is 16.1. The Morgan fingerprint density at radius 1 is 1.18 bits per heavy atom. The number of hydrogen-bond donors (Lipinski definition) is 1. The van der Waals surface area contributed by atoms with Crippen LogP contribution in [0.5, 0.6) is 0 Å². The van der Waals surface area contributed by atoms with Crippen LogP contribution < -0.4 is 5.73 Å². The molecule has 1 aliphatic rings. The van der Waals surface area contributed by atoms with Crippen LogP contribution in [0.2, 0.25) is 5.02 Å². The largest absolute Gasteiger partial charge is 0.383 e. The third kappa shape index (κ3) is 3.97. The lowest BCUT2D eigenvalue weighted by atomic mass is 10.1. The van der Waals surface area contributed by atoms with Crippen molar-refractivity contribution in [3.8, 4) is 0 Å². The van der Waals surface area contributed by atoms with Gasteiger partial charge in [0.05, 0.1) is 6.61 Å². The van der Waals surface area contributed by atoms with Crippen LogP contribution in [0.4, 0.5) is 0 Å². The van der Waals surface area contributed by atoms with Crippen molar-refractivity contribution in [3.05, 3.63) is 34.9 Å². The van der Waals surface area contributed by atoms with Crippen molar-refractivity contribution in [2.75, 3.05) is 39.9 Å². The molecular weight excluding hydrogens is 306 g/mol. The lowest BCUT2D eigenvalue weighted by Crippen LogP contribution is -2.55. The van der Waals surface area contributed by atoms with Gasteiger partial charge in [-0.3, -0.25) is 9.59 Å². The van der Waals surface area contributed by atoms with Crippen molar-refractivity contribution in [2.45, 2.75) is 6.04 Å². The van der Waals surface area contributed by atoms with Crippen LogP contribution in [0.3, 0.4) is 0 Å². The van der Waals surface area contributed by atoms with Crippen LogP contribution in [-0.4, -0.2) is 67.6 Å². The number of piperazine rings is 1. The Kier molecular flexibility index (Phi) is 5.76. The molecule has 2 N–H and O–H groups in total. The van der Waals surface area contributed by atoms with E-state index in [-0.39, 0.29) is 18.4 Å². The molecule has 1 atom stereocenters. The Hall–Kier alpha value is -1.63. The van der Waals surface area contributed by atoms with Gasteiger partial charge in [-0.15, -0.1) is 0 Å². The minimum absolute atomic E-state index is 0.0510. The average Bonchev–Trinajstić information content (AvgIpc) is 2.54. The summed E-state index contributed by atoms with van der Waals surface area (Å²) in [6, 6.07) is 6.15. The highest BCUT2D eigenvalue weighted by Gasteiger charge is 2.27. The molecule has 0 aromatic heterocycles. The van der Waals surface area contributed by atoms with Gasteiger partial charge in [0.25, 0.3) is 5.91 Å². The second-order valence-corrected chi connectivity index (χ2v) is 5.62. The number of nitrogens with zero attached hydrogens (tertiary/aromatic N) is 2. The molecule has 2 rings (SSSR count). The highest BCUT2D eigenvalue weighted by molar-refractivity contribution is 6.30. The van der Waals surface area contributed by atoms with E-state index < -0.39 is 6.04 Å². The van der Waals surface area contributed by atoms with Gasteiger partial charge in [0.1, 0.15) is 6.04 Å². The summed E-state index contributed by atoms with van der Waals surface area (Å²) in [6.07, 6.45) is 0. The second kappa shape index (κ2) is 7.58. The van der Waals surface area contributed by atoms with Crippen LogP contribution in [0.25, 0.3) is 0 Å². The third-order valence-corrected chi connectivity index (χ3v) is 3.89. The van der Waals surface area contributed by atoms with Crippen molar-refractivity contribution in [1.82, 2.24) is 9.80 Å². The summed E-state index contributed by atoms with van der Waals surface area (Å²) in [5.41, 5.74) is 6.35. The monoisotopic (exact) mass is 325 g/mol. The molecular formula is C15H20ClN3O3. The van der Waals surface area contributed by atoms with Crippen LogP contribution in [0.15, 0.2) is 24.3 Å². The minimum Gasteiger partial charge on any atom is -0.383 e. The van der Waals surface area contributed by atoms with Crippen LogP contribution >= 0.6 is 11.6 Å². The maximum Gasteiger partial charge on any atom is 0.253 e. The van der Waals surface area contributed by atoms with E-state index in [1.165, 1.54) is 7.11 Å². The van der Waals surface area contributed by atoms with E-state index in [0.29, 0.717) is 36.8 Å². The Morgan fingerprint density at radius 2 is 1.73 bits per heavy atom. The molecule has 120 valence electrons. The lowest BCUT2D eigenvalue weighted by Gasteiger charge is -2.35. The number of hydrogen-bond acceptors (Lipinski definition) is 4. The molecule has 1 aliphatic heterocycles. The number of carbonyl (C=O) groups is 2. The van der Waals surface area contributed by atoms with Gasteiger partial charge in [-0.2, -0.15) is 0 Å². The molecule has 6 nitrogen and oxygen atoms in total. The summed E-state index contributed by atoms with van der Waals surface area (Å²) in [5.74, 6) is -0.189. The second-order valence-electron chi connectivity index (χ2n) is 5.19. The number of halogens is 1. The normalized spacial score (nSPS) is 16.5. The number of methoxy groups -OCH3 is 1. The van der Waals surface area contributed by atoms with Gasteiger partial charge in [0.15, 0.2) is 0 Å². The molecule has 1 aromatic carbocycles. The number of rotatable bonds is 4. The number of ether oxygens (including phenoxy) is 1. The minimum atomic E-state index is -0.650. The quantitative estimate of drug-likeness (QED) is 0.879. The van der Waals surface area contributed by atoms with Gasteiger partial charge < -0.3 is 20.3 Å². The fourth-order valence-electron chi connectivity index (χ4n) is 2.39. The van der Waals surface area contributed by atoms with E-state index in [1.807, 2.05) is 0 Å². The topological polar surface area (TPSA) is 75.9 Å². The van der Waals surface area contributed by atoms with Crippen LogP contribution in [0.1, 0.15) is 10.4 Å². The fourth-order valence-corrected chi connectivity index (χ4v) is 2.52. The van der Waals surface area contributed by atoms with Crippen molar-refractivity contribution >= 4 is 23.4 Å². The van der Waals surface area contributed by atoms with Crippen molar-refractivity contribution < 1.29 is 14.3 Å². The number of carbonyl (C=O) groups excluding carboxylic acids is 2. The van der Waals surface area contributed by atoms with Gasteiger partial charge in [0, 0.05) is 43.9 Å². The summed E-state index contributed by atoms with van der Waals surface area (Å²) in [6.45, 7) is 2.15. The van der Waals surface area contributed by atoms with E-state index in [9.17, 15) is 9.59 Å². The first-order valence-electron chi connectivity index (χ1n) is 7.11. The molecule has 1 unspecified atom stereocenters.